The predicted octanol–water partition coefficient (Wildman–Crippen LogP) is 6.13. The van der Waals surface area contributed by atoms with Gasteiger partial charge in [-0.2, -0.15) is 8.42 Å². The number of hydrogen-bond donors (Lipinski definition) is 0. The van der Waals surface area contributed by atoms with Gasteiger partial charge in [0.25, 0.3) is 0 Å². The highest BCUT2D eigenvalue weighted by Crippen LogP contribution is 2.27. The van der Waals surface area contributed by atoms with Gasteiger partial charge < -0.3 is 4.18 Å². The Morgan fingerprint density at radius 2 is 1.64 bits per heavy atom. The van der Waals surface area contributed by atoms with Crippen LogP contribution in [0.25, 0.3) is 0 Å². The number of aliphatic imine (C=N–C) groups is 1. The Morgan fingerprint density at radius 1 is 0.929 bits per heavy atom. The number of nitrogens with zero attached hydrogens (tertiary/aromatic N) is 1. The van der Waals surface area contributed by atoms with E-state index in [0.29, 0.717) is 21.3 Å². The minimum Gasteiger partial charge on any atom is -0.378 e. The van der Waals surface area contributed by atoms with Gasteiger partial charge in [-0.25, -0.2) is 0 Å². The lowest BCUT2D eigenvalue weighted by molar-refractivity contribution is 0.485. The number of halogens is 2. The second-order valence-electron chi connectivity index (χ2n) is 6.22. The van der Waals surface area contributed by atoms with E-state index in [1.165, 1.54) is 24.4 Å². The summed E-state index contributed by atoms with van der Waals surface area (Å²) in [5.41, 5.74) is 2.95. The summed E-state index contributed by atoms with van der Waals surface area (Å²) in [6.45, 7) is 3.77. The van der Waals surface area contributed by atoms with Crippen LogP contribution in [0.15, 0.2) is 70.6 Å². The van der Waals surface area contributed by atoms with Gasteiger partial charge in [0.15, 0.2) is 5.75 Å². The molecule has 0 heterocycles. The summed E-state index contributed by atoms with van der Waals surface area (Å²) in [4.78, 5) is 4.42. The lowest BCUT2D eigenvalue weighted by atomic mass is 10.2. The van der Waals surface area contributed by atoms with Gasteiger partial charge in [-0.05, 0) is 61.9 Å². The van der Waals surface area contributed by atoms with Crippen molar-refractivity contribution in [3.63, 3.8) is 0 Å². The third kappa shape index (κ3) is 4.93. The summed E-state index contributed by atoms with van der Waals surface area (Å²) in [7, 11) is -3.99. The average Bonchev–Trinajstić information content (AvgIpc) is 2.65. The summed E-state index contributed by atoms with van der Waals surface area (Å²) < 4.78 is 30.5. The highest BCUT2D eigenvalue weighted by Gasteiger charge is 2.18. The minimum absolute atomic E-state index is 0.0706. The Labute approximate surface area is 174 Å². The highest BCUT2D eigenvalue weighted by atomic mass is 35.5. The van der Waals surface area contributed by atoms with Gasteiger partial charge in [-0.1, -0.05) is 47.0 Å². The molecule has 0 aliphatic heterocycles. The van der Waals surface area contributed by atoms with Crippen LogP contribution in [-0.4, -0.2) is 14.6 Å². The van der Waals surface area contributed by atoms with Crippen LogP contribution in [0.4, 0.5) is 5.69 Å². The van der Waals surface area contributed by atoms with Crippen molar-refractivity contribution in [3.05, 3.63) is 87.4 Å². The maximum absolute atomic E-state index is 12.6. The largest absolute Gasteiger partial charge is 0.378 e. The molecule has 0 aliphatic rings. The molecule has 28 heavy (non-hydrogen) atoms. The standard InChI is InChI=1S/C21H17Cl2NO3S/c1-14-3-8-19(9-4-14)28(25,26)27-21-10-6-17(22)11-16(21)13-24-18-7-5-15(2)20(23)12-18/h3-13H,1-2H3. The molecule has 0 radical (unpaired) electrons. The van der Waals surface area contributed by atoms with Crippen LogP contribution in [0.2, 0.25) is 10.0 Å². The van der Waals surface area contributed by atoms with E-state index in [4.69, 9.17) is 27.4 Å². The van der Waals surface area contributed by atoms with Crippen molar-refractivity contribution in [2.75, 3.05) is 0 Å². The third-order valence-corrected chi connectivity index (χ3v) is 5.88. The van der Waals surface area contributed by atoms with Crippen LogP contribution >= 0.6 is 23.2 Å². The van der Waals surface area contributed by atoms with Gasteiger partial charge in [0.1, 0.15) is 4.90 Å². The second kappa shape index (κ2) is 8.35. The molecule has 0 atom stereocenters. The zero-order chi connectivity index (χ0) is 20.3. The first-order valence-electron chi connectivity index (χ1n) is 8.35. The molecule has 0 amide bonds. The maximum atomic E-state index is 12.6. The zero-order valence-electron chi connectivity index (χ0n) is 15.2. The average molecular weight is 434 g/mol. The van der Waals surface area contributed by atoms with Crippen LogP contribution in [0.5, 0.6) is 5.75 Å². The molecule has 0 unspecified atom stereocenters. The van der Waals surface area contributed by atoms with Crippen LogP contribution in [0.1, 0.15) is 16.7 Å². The van der Waals surface area contributed by atoms with Crippen LogP contribution in [-0.2, 0) is 10.1 Å². The Hall–Kier alpha value is -2.34. The molecular weight excluding hydrogens is 417 g/mol. The highest BCUT2D eigenvalue weighted by molar-refractivity contribution is 7.87. The lowest BCUT2D eigenvalue weighted by Crippen LogP contribution is -2.11. The predicted molar refractivity (Wildman–Crippen MR) is 114 cm³/mol. The summed E-state index contributed by atoms with van der Waals surface area (Å²) in [6.07, 6.45) is 1.49. The summed E-state index contributed by atoms with van der Waals surface area (Å²) in [6, 6.07) is 16.5. The fraction of sp³-hybridized carbons (Fsp3) is 0.0952. The van der Waals surface area contributed by atoms with E-state index in [0.717, 1.165) is 11.1 Å². The second-order valence-corrected chi connectivity index (χ2v) is 8.61. The normalized spacial score (nSPS) is 11.7. The number of aryl methyl sites for hydroxylation is 2. The van der Waals surface area contributed by atoms with Crippen LogP contribution < -0.4 is 4.18 Å². The minimum atomic E-state index is -3.99. The first-order chi connectivity index (χ1) is 13.2. The Kier molecular flexibility index (Phi) is 6.08. The molecule has 0 spiro atoms. The van der Waals surface area contributed by atoms with Gasteiger partial charge >= 0.3 is 10.1 Å². The molecule has 0 saturated carbocycles. The molecule has 7 heteroatoms. The number of rotatable bonds is 5. The van der Waals surface area contributed by atoms with E-state index >= 15 is 0 Å². The molecule has 3 aromatic carbocycles. The molecule has 3 aromatic rings. The van der Waals surface area contributed by atoms with Gasteiger partial charge in [0.05, 0.1) is 5.69 Å². The van der Waals surface area contributed by atoms with Gasteiger partial charge in [-0.3, -0.25) is 4.99 Å². The van der Waals surface area contributed by atoms with Gasteiger partial charge in [0, 0.05) is 21.8 Å². The van der Waals surface area contributed by atoms with E-state index in [1.807, 2.05) is 26.0 Å². The van der Waals surface area contributed by atoms with Gasteiger partial charge in [0.2, 0.25) is 0 Å². The zero-order valence-corrected chi connectivity index (χ0v) is 17.5. The molecule has 0 aliphatic carbocycles. The lowest BCUT2D eigenvalue weighted by Gasteiger charge is -2.10. The van der Waals surface area contributed by atoms with E-state index in [1.54, 1.807) is 30.3 Å². The van der Waals surface area contributed by atoms with Crippen LogP contribution in [0.3, 0.4) is 0 Å². The Morgan fingerprint density at radius 3 is 2.32 bits per heavy atom. The molecule has 144 valence electrons. The molecule has 0 aromatic heterocycles. The van der Waals surface area contributed by atoms with Crippen molar-refractivity contribution in [2.24, 2.45) is 4.99 Å². The Balaban J connectivity index is 1.93. The van der Waals surface area contributed by atoms with E-state index in [2.05, 4.69) is 4.99 Å². The summed E-state index contributed by atoms with van der Waals surface area (Å²) >= 11 is 12.2. The molecule has 3 rings (SSSR count). The topological polar surface area (TPSA) is 55.7 Å². The smallest absolute Gasteiger partial charge is 0.339 e. The fourth-order valence-electron chi connectivity index (χ4n) is 2.37. The number of benzene rings is 3. The molecular formula is C21H17Cl2NO3S. The van der Waals surface area contributed by atoms with Crippen molar-refractivity contribution in [1.82, 2.24) is 0 Å². The SMILES string of the molecule is Cc1ccc(S(=O)(=O)Oc2ccc(Cl)cc2C=Nc2ccc(C)c(Cl)c2)cc1. The van der Waals surface area contributed by atoms with E-state index in [9.17, 15) is 8.42 Å². The molecule has 0 N–H and O–H groups in total. The van der Waals surface area contributed by atoms with Crippen molar-refractivity contribution < 1.29 is 12.6 Å². The third-order valence-electron chi connectivity index (χ3n) is 3.99. The van der Waals surface area contributed by atoms with Gasteiger partial charge in [-0.15, -0.1) is 0 Å². The Bertz CT molecular complexity index is 1140. The monoisotopic (exact) mass is 433 g/mol. The fourth-order valence-corrected chi connectivity index (χ4v) is 3.68. The molecule has 4 nitrogen and oxygen atoms in total. The van der Waals surface area contributed by atoms with E-state index in [-0.39, 0.29) is 10.6 Å². The summed E-state index contributed by atoms with van der Waals surface area (Å²) in [5, 5.41) is 1.03. The van der Waals surface area contributed by atoms with Crippen LogP contribution in [0, 0.1) is 13.8 Å². The van der Waals surface area contributed by atoms with E-state index < -0.39 is 10.1 Å². The van der Waals surface area contributed by atoms with Crippen molar-refractivity contribution in [2.45, 2.75) is 18.7 Å². The maximum Gasteiger partial charge on any atom is 0.339 e. The van der Waals surface area contributed by atoms with Crippen molar-refractivity contribution in [3.8, 4) is 5.75 Å². The quantitative estimate of drug-likeness (QED) is 0.359. The summed E-state index contributed by atoms with van der Waals surface area (Å²) in [5.74, 6) is 0.131. The number of hydrogen-bond acceptors (Lipinski definition) is 4. The first kappa shape index (κ1) is 20.4. The molecule has 0 saturated heterocycles. The molecule has 0 fully saturated rings. The molecule has 0 bridgehead atoms. The van der Waals surface area contributed by atoms with Crippen molar-refractivity contribution in [1.29, 1.82) is 0 Å². The van der Waals surface area contributed by atoms with Crippen molar-refractivity contribution >= 4 is 45.2 Å². The first-order valence-corrected chi connectivity index (χ1v) is 10.5.